The number of anilines is 1. The quantitative estimate of drug-likeness (QED) is 0.425. The molecule has 1 aliphatic heterocycles. The van der Waals surface area contributed by atoms with Gasteiger partial charge >= 0.3 is 5.91 Å². The van der Waals surface area contributed by atoms with Crippen molar-refractivity contribution in [3.63, 3.8) is 0 Å². The number of ketones is 1. The van der Waals surface area contributed by atoms with E-state index in [1.54, 1.807) is 35.8 Å². The fourth-order valence-corrected chi connectivity index (χ4v) is 3.85. The molecule has 134 valence electrons. The van der Waals surface area contributed by atoms with E-state index in [4.69, 9.17) is 0 Å². The van der Waals surface area contributed by atoms with Crippen molar-refractivity contribution in [3.05, 3.63) is 88.4 Å². The number of aromatic nitrogens is 1. The first kappa shape index (κ1) is 17.2. The molecule has 4 rings (SSSR count). The van der Waals surface area contributed by atoms with Crippen LogP contribution in [0.4, 0.5) is 5.13 Å². The molecule has 3 aromatic rings. The second kappa shape index (κ2) is 6.81. The van der Waals surface area contributed by atoms with Gasteiger partial charge in [-0.3, -0.25) is 14.5 Å². The van der Waals surface area contributed by atoms with E-state index < -0.39 is 17.7 Å². The highest BCUT2D eigenvalue weighted by atomic mass is 32.1. The third-order valence-electron chi connectivity index (χ3n) is 4.51. The summed E-state index contributed by atoms with van der Waals surface area (Å²) < 4.78 is 0. The van der Waals surface area contributed by atoms with Crippen LogP contribution in [0.1, 0.15) is 22.7 Å². The summed E-state index contributed by atoms with van der Waals surface area (Å²) in [6.45, 7) is 1.96. The Hall–Kier alpha value is -3.25. The number of aliphatic hydroxyl groups excluding tert-OH is 1. The van der Waals surface area contributed by atoms with Crippen LogP contribution in [-0.4, -0.2) is 21.8 Å². The number of carbonyl (C=O) groups is 2. The van der Waals surface area contributed by atoms with Crippen molar-refractivity contribution >= 4 is 33.9 Å². The number of rotatable bonds is 3. The minimum Gasteiger partial charge on any atom is -0.507 e. The van der Waals surface area contributed by atoms with E-state index in [9.17, 15) is 14.7 Å². The molecule has 1 saturated heterocycles. The van der Waals surface area contributed by atoms with Crippen molar-refractivity contribution in [2.45, 2.75) is 13.0 Å². The summed E-state index contributed by atoms with van der Waals surface area (Å²) in [5.74, 6) is -1.58. The molecule has 1 N–H and O–H groups in total. The molecule has 0 unspecified atom stereocenters. The third kappa shape index (κ3) is 2.94. The first-order valence-corrected chi connectivity index (χ1v) is 9.28. The van der Waals surface area contributed by atoms with E-state index >= 15 is 0 Å². The van der Waals surface area contributed by atoms with E-state index in [0.717, 1.165) is 11.1 Å². The van der Waals surface area contributed by atoms with Crippen LogP contribution in [0.2, 0.25) is 0 Å². The lowest BCUT2D eigenvalue weighted by molar-refractivity contribution is -0.132. The van der Waals surface area contributed by atoms with Crippen molar-refractivity contribution < 1.29 is 14.7 Å². The van der Waals surface area contributed by atoms with Gasteiger partial charge in [-0.05, 0) is 12.5 Å². The molecule has 27 heavy (non-hydrogen) atoms. The molecule has 1 aromatic heterocycles. The van der Waals surface area contributed by atoms with Crippen LogP contribution in [0.25, 0.3) is 5.76 Å². The Balaban J connectivity index is 1.94. The average molecular weight is 376 g/mol. The monoisotopic (exact) mass is 376 g/mol. The lowest BCUT2D eigenvalue weighted by atomic mass is 9.95. The zero-order valence-corrected chi connectivity index (χ0v) is 15.3. The number of nitrogens with zero attached hydrogens (tertiary/aromatic N) is 2. The van der Waals surface area contributed by atoms with E-state index in [-0.39, 0.29) is 11.3 Å². The molecule has 1 amide bonds. The summed E-state index contributed by atoms with van der Waals surface area (Å²) in [5.41, 5.74) is 2.37. The van der Waals surface area contributed by atoms with Crippen LogP contribution in [0.5, 0.6) is 0 Å². The minimum atomic E-state index is -0.725. The van der Waals surface area contributed by atoms with Crippen molar-refractivity contribution in [1.82, 2.24) is 4.98 Å². The Morgan fingerprint density at radius 3 is 2.41 bits per heavy atom. The topological polar surface area (TPSA) is 70.5 Å². The fourth-order valence-electron chi connectivity index (χ4n) is 3.18. The molecule has 0 saturated carbocycles. The second-order valence-electron chi connectivity index (χ2n) is 6.26. The highest BCUT2D eigenvalue weighted by molar-refractivity contribution is 7.14. The maximum Gasteiger partial charge on any atom is 0.301 e. The van der Waals surface area contributed by atoms with Crippen molar-refractivity contribution in [2.75, 3.05) is 4.90 Å². The van der Waals surface area contributed by atoms with Crippen LogP contribution < -0.4 is 4.90 Å². The molecule has 1 aliphatic rings. The fraction of sp³-hybridized carbons (Fsp3) is 0.0952. The SMILES string of the molecule is Cc1ccc([C@@H]2C(=C(O)c3ccccc3)C(=O)C(=O)N2c2nccs2)cc1. The maximum atomic E-state index is 12.8. The lowest BCUT2D eigenvalue weighted by Gasteiger charge is -2.23. The summed E-state index contributed by atoms with van der Waals surface area (Å²) in [6, 6.07) is 15.6. The van der Waals surface area contributed by atoms with E-state index in [1.807, 2.05) is 37.3 Å². The predicted octanol–water partition coefficient (Wildman–Crippen LogP) is 4.08. The Kier molecular flexibility index (Phi) is 4.33. The maximum absolute atomic E-state index is 12.8. The van der Waals surface area contributed by atoms with E-state index in [0.29, 0.717) is 10.7 Å². The average Bonchev–Trinajstić information content (AvgIpc) is 3.30. The van der Waals surface area contributed by atoms with Gasteiger partial charge < -0.3 is 5.11 Å². The van der Waals surface area contributed by atoms with Crippen LogP contribution >= 0.6 is 11.3 Å². The summed E-state index contributed by atoms with van der Waals surface area (Å²) in [7, 11) is 0. The lowest BCUT2D eigenvalue weighted by Crippen LogP contribution is -2.29. The molecule has 0 radical (unpaired) electrons. The highest BCUT2D eigenvalue weighted by Gasteiger charge is 2.47. The normalized spacial score (nSPS) is 18.9. The summed E-state index contributed by atoms with van der Waals surface area (Å²) in [4.78, 5) is 31.2. The molecule has 5 nitrogen and oxygen atoms in total. The van der Waals surface area contributed by atoms with Gasteiger partial charge in [-0.1, -0.05) is 60.2 Å². The van der Waals surface area contributed by atoms with Gasteiger partial charge in [0.2, 0.25) is 0 Å². The Morgan fingerprint density at radius 1 is 1.07 bits per heavy atom. The van der Waals surface area contributed by atoms with Crippen LogP contribution in [0, 0.1) is 6.92 Å². The molecule has 1 atom stereocenters. The van der Waals surface area contributed by atoms with Gasteiger partial charge in [-0.2, -0.15) is 0 Å². The minimum absolute atomic E-state index is 0.0743. The molecular formula is C21H16N2O3S. The highest BCUT2D eigenvalue weighted by Crippen LogP contribution is 2.42. The first-order valence-electron chi connectivity index (χ1n) is 8.40. The van der Waals surface area contributed by atoms with Crippen molar-refractivity contribution in [1.29, 1.82) is 0 Å². The molecule has 1 fully saturated rings. The van der Waals surface area contributed by atoms with Gasteiger partial charge in [0.1, 0.15) is 5.76 Å². The smallest absolute Gasteiger partial charge is 0.301 e. The van der Waals surface area contributed by atoms with Gasteiger partial charge in [-0.25, -0.2) is 4.98 Å². The number of thiazole rings is 1. The van der Waals surface area contributed by atoms with E-state index in [1.165, 1.54) is 16.2 Å². The number of amides is 1. The van der Waals surface area contributed by atoms with E-state index in [2.05, 4.69) is 4.98 Å². The number of Topliss-reactive ketones (excluding diaryl/α,β-unsaturated/α-hetero) is 1. The Morgan fingerprint density at radius 2 is 1.78 bits per heavy atom. The molecule has 2 heterocycles. The summed E-state index contributed by atoms with van der Waals surface area (Å²) in [5, 5.41) is 13.0. The number of aryl methyl sites for hydroxylation is 1. The van der Waals surface area contributed by atoms with Gasteiger partial charge in [-0.15, -0.1) is 11.3 Å². The first-order chi connectivity index (χ1) is 13.1. The number of hydrogen-bond donors (Lipinski definition) is 1. The molecule has 0 bridgehead atoms. The largest absolute Gasteiger partial charge is 0.507 e. The number of benzene rings is 2. The van der Waals surface area contributed by atoms with Gasteiger partial charge in [0, 0.05) is 17.1 Å². The molecule has 2 aromatic carbocycles. The van der Waals surface area contributed by atoms with Gasteiger partial charge in [0.25, 0.3) is 5.78 Å². The summed E-state index contributed by atoms with van der Waals surface area (Å²) in [6.07, 6.45) is 1.59. The molecular weight excluding hydrogens is 360 g/mol. The number of hydrogen-bond acceptors (Lipinski definition) is 5. The van der Waals surface area contributed by atoms with Crippen molar-refractivity contribution in [3.8, 4) is 0 Å². The van der Waals surface area contributed by atoms with Gasteiger partial charge in [0.05, 0.1) is 11.6 Å². The Labute approximate surface area is 160 Å². The van der Waals surface area contributed by atoms with Crippen LogP contribution in [0.15, 0.2) is 71.7 Å². The molecule has 0 spiro atoms. The van der Waals surface area contributed by atoms with Crippen LogP contribution in [0.3, 0.4) is 0 Å². The summed E-state index contributed by atoms with van der Waals surface area (Å²) >= 11 is 1.27. The standard InChI is InChI=1S/C21H16N2O3S/c1-13-7-9-14(10-8-13)17-16(18(24)15-5-3-2-4-6-15)19(25)20(26)23(17)21-22-11-12-27-21/h2-12,17,24H,1H3/t17-/m1/s1. The number of carbonyl (C=O) groups excluding carboxylic acids is 2. The third-order valence-corrected chi connectivity index (χ3v) is 5.28. The zero-order valence-electron chi connectivity index (χ0n) is 14.5. The molecule has 0 aliphatic carbocycles. The zero-order chi connectivity index (χ0) is 19.0. The predicted molar refractivity (Wildman–Crippen MR) is 105 cm³/mol. The second-order valence-corrected chi connectivity index (χ2v) is 7.13. The number of aliphatic hydroxyl groups is 1. The van der Waals surface area contributed by atoms with Crippen LogP contribution in [-0.2, 0) is 9.59 Å². The Bertz CT molecular complexity index is 1030. The molecule has 6 heteroatoms. The van der Waals surface area contributed by atoms with Crippen molar-refractivity contribution in [2.24, 2.45) is 0 Å². The van der Waals surface area contributed by atoms with Gasteiger partial charge in [0.15, 0.2) is 5.13 Å².